The molecule has 0 aliphatic carbocycles. The number of carbonyl (C=O) groups is 1. The Kier molecular flexibility index (Phi) is 10.5. The molecule has 1 atom stereocenters. The van der Waals surface area contributed by atoms with Gasteiger partial charge in [0.1, 0.15) is 5.60 Å². The number of carbonyl (C=O) groups excluding carboxylic acids is 1. The molecule has 204 valence electrons. The highest BCUT2D eigenvalue weighted by Gasteiger charge is 2.25. The molecule has 0 saturated heterocycles. The Morgan fingerprint density at radius 1 is 1.11 bits per heavy atom. The minimum atomic E-state index is -0.757. The number of nitro benzene ring substituents is 1. The molecule has 1 amide bonds. The highest BCUT2D eigenvalue weighted by Crippen LogP contribution is 2.39. The van der Waals surface area contributed by atoms with Gasteiger partial charge in [0.15, 0.2) is 23.1 Å². The van der Waals surface area contributed by atoms with Gasteiger partial charge in [-0.3, -0.25) is 10.1 Å². The Labute approximate surface area is 216 Å². The summed E-state index contributed by atoms with van der Waals surface area (Å²) in [6.45, 7) is 9.08. The number of hydrogen-bond acceptors (Lipinski definition) is 8. The molecule has 37 heavy (non-hydrogen) atoms. The molecule has 10 nitrogen and oxygen atoms in total. The normalized spacial score (nSPS) is 12.0. The predicted octanol–water partition coefficient (Wildman–Crippen LogP) is 5.63. The number of hydrogen-bond donors (Lipinski definition) is 1. The van der Waals surface area contributed by atoms with Gasteiger partial charge in [0, 0.05) is 12.1 Å². The molecule has 0 aliphatic heterocycles. The van der Waals surface area contributed by atoms with E-state index in [0.717, 1.165) is 5.56 Å². The predicted molar refractivity (Wildman–Crippen MR) is 135 cm³/mol. The Morgan fingerprint density at radius 3 is 2.38 bits per heavy atom. The fourth-order valence-corrected chi connectivity index (χ4v) is 3.45. The number of aryl methyl sites for hydroxylation is 1. The van der Waals surface area contributed by atoms with Crippen LogP contribution in [-0.2, 0) is 16.1 Å². The van der Waals surface area contributed by atoms with Crippen LogP contribution in [0.3, 0.4) is 0 Å². The van der Waals surface area contributed by atoms with Crippen LogP contribution >= 0.6 is 0 Å². The van der Waals surface area contributed by atoms with E-state index in [9.17, 15) is 19.3 Å². The fraction of sp³-hybridized carbons (Fsp3) is 0.500. The van der Waals surface area contributed by atoms with Crippen LogP contribution in [0.25, 0.3) is 0 Å². The fourth-order valence-electron chi connectivity index (χ4n) is 3.45. The van der Waals surface area contributed by atoms with Crippen molar-refractivity contribution in [1.29, 1.82) is 0 Å². The summed E-state index contributed by atoms with van der Waals surface area (Å²) in [6, 6.07) is 5.95. The Bertz CT molecular complexity index is 1100. The first kappa shape index (κ1) is 29.6. The van der Waals surface area contributed by atoms with Crippen LogP contribution in [0.4, 0.5) is 14.9 Å². The highest BCUT2D eigenvalue weighted by atomic mass is 19.1. The van der Waals surface area contributed by atoms with E-state index in [0.29, 0.717) is 13.0 Å². The van der Waals surface area contributed by atoms with Gasteiger partial charge in [0.05, 0.1) is 50.1 Å². The molecule has 0 aromatic heterocycles. The molecule has 0 radical (unpaired) electrons. The Balaban J connectivity index is 2.09. The summed E-state index contributed by atoms with van der Waals surface area (Å²) < 4.78 is 41.7. The lowest BCUT2D eigenvalue weighted by molar-refractivity contribution is -0.386. The van der Waals surface area contributed by atoms with E-state index in [1.165, 1.54) is 26.4 Å². The van der Waals surface area contributed by atoms with Gasteiger partial charge in [-0.1, -0.05) is 6.07 Å². The first-order chi connectivity index (χ1) is 17.4. The van der Waals surface area contributed by atoms with Gasteiger partial charge < -0.3 is 29.0 Å². The second kappa shape index (κ2) is 13.1. The summed E-state index contributed by atoms with van der Waals surface area (Å²) in [7, 11) is 2.80. The average molecular weight is 523 g/mol. The minimum Gasteiger partial charge on any atom is -0.494 e. The summed E-state index contributed by atoms with van der Waals surface area (Å²) >= 11 is 0. The number of nitrogens with one attached hydrogen (secondary N) is 1. The van der Waals surface area contributed by atoms with Crippen LogP contribution in [0.1, 0.15) is 56.9 Å². The van der Waals surface area contributed by atoms with Gasteiger partial charge in [0.2, 0.25) is 0 Å². The number of nitrogens with zero attached hydrogens (tertiary/aromatic N) is 1. The van der Waals surface area contributed by atoms with Crippen LogP contribution in [0.15, 0.2) is 24.3 Å². The zero-order valence-corrected chi connectivity index (χ0v) is 22.3. The third kappa shape index (κ3) is 8.78. The largest absolute Gasteiger partial charge is 0.494 e. The first-order valence-corrected chi connectivity index (χ1v) is 11.8. The molecule has 0 heterocycles. The average Bonchev–Trinajstić information content (AvgIpc) is 2.82. The van der Waals surface area contributed by atoms with Crippen molar-refractivity contribution < 1.29 is 37.8 Å². The standard InChI is InChI=1S/C26H35FN2O8/c1-16-11-18(24(27)23(12-16)34-7)15-36-17(2)19-13-21(33-6)22(14-20(19)29(31)32)35-10-8-9-28-25(30)37-26(3,4)5/h11-14,17H,8-10,15H2,1-7H3,(H,28,30)/i27+0. The molecule has 2 aromatic carbocycles. The summed E-state index contributed by atoms with van der Waals surface area (Å²) in [6.07, 6.45) is -0.862. The molecule has 0 spiro atoms. The van der Waals surface area contributed by atoms with Crippen molar-refractivity contribution >= 4 is 11.8 Å². The van der Waals surface area contributed by atoms with Crippen LogP contribution in [0.5, 0.6) is 17.2 Å². The SMILES string of the molecule is COc1cc(C(C)OCc2cc(C)cc(OC)c2[19F])c([N+](=O)[O-])cc1OCCCNC(=O)OC(C)(C)C. The van der Waals surface area contributed by atoms with Gasteiger partial charge in [-0.15, -0.1) is 0 Å². The van der Waals surface area contributed by atoms with Crippen molar-refractivity contribution in [3.8, 4) is 17.2 Å². The van der Waals surface area contributed by atoms with E-state index in [1.54, 1.807) is 46.8 Å². The van der Waals surface area contributed by atoms with Crippen molar-refractivity contribution in [3.63, 3.8) is 0 Å². The van der Waals surface area contributed by atoms with Crippen LogP contribution in [0.2, 0.25) is 0 Å². The van der Waals surface area contributed by atoms with Gasteiger partial charge in [-0.25, -0.2) is 9.18 Å². The maximum absolute atomic E-state index is 14.6. The maximum atomic E-state index is 14.6. The second-order valence-electron chi connectivity index (χ2n) is 9.34. The number of ether oxygens (including phenoxy) is 5. The van der Waals surface area contributed by atoms with Crippen molar-refractivity contribution in [1.82, 2.24) is 5.32 Å². The molecular weight excluding hydrogens is 487 g/mol. The van der Waals surface area contributed by atoms with Gasteiger partial charge in [-0.05, 0) is 58.7 Å². The molecule has 11 heteroatoms. The molecule has 2 aromatic rings. The number of alkyl carbamates (subject to hydrolysis) is 1. The maximum Gasteiger partial charge on any atom is 0.407 e. The number of methoxy groups -OCH3 is 2. The van der Waals surface area contributed by atoms with Crippen molar-refractivity contribution in [3.05, 3.63) is 56.9 Å². The van der Waals surface area contributed by atoms with Crippen LogP contribution < -0.4 is 19.5 Å². The lowest BCUT2D eigenvalue weighted by Gasteiger charge is -2.19. The molecule has 0 aliphatic rings. The van der Waals surface area contributed by atoms with E-state index in [1.807, 2.05) is 0 Å². The Morgan fingerprint density at radius 2 is 1.78 bits per heavy atom. The smallest absolute Gasteiger partial charge is 0.407 e. The minimum absolute atomic E-state index is 0.0988. The molecule has 1 unspecified atom stereocenters. The second-order valence-corrected chi connectivity index (χ2v) is 9.34. The quantitative estimate of drug-likeness (QED) is 0.216. The molecule has 2 rings (SSSR count). The topological polar surface area (TPSA) is 118 Å². The Hall–Kier alpha value is -3.60. The summed E-state index contributed by atoms with van der Waals surface area (Å²) in [5.74, 6) is 0.00965. The number of amides is 1. The first-order valence-electron chi connectivity index (χ1n) is 11.8. The van der Waals surface area contributed by atoms with E-state index in [2.05, 4.69) is 5.32 Å². The van der Waals surface area contributed by atoms with E-state index in [4.69, 9.17) is 23.7 Å². The third-order valence-corrected chi connectivity index (χ3v) is 5.16. The van der Waals surface area contributed by atoms with E-state index >= 15 is 0 Å². The summed E-state index contributed by atoms with van der Waals surface area (Å²) in [5, 5.41) is 14.4. The zero-order valence-electron chi connectivity index (χ0n) is 22.3. The molecule has 1 N–H and O–H groups in total. The monoisotopic (exact) mass is 522 g/mol. The van der Waals surface area contributed by atoms with Gasteiger partial charge in [-0.2, -0.15) is 0 Å². The van der Waals surface area contributed by atoms with Crippen molar-refractivity contribution in [2.45, 2.75) is 59.4 Å². The number of halogens is 1. The third-order valence-electron chi connectivity index (χ3n) is 5.16. The zero-order chi connectivity index (χ0) is 27.8. The van der Waals surface area contributed by atoms with Crippen LogP contribution in [-0.4, -0.2) is 44.0 Å². The molecule has 0 bridgehead atoms. The molecule has 0 fully saturated rings. The number of benzene rings is 2. The highest BCUT2D eigenvalue weighted by molar-refractivity contribution is 5.67. The van der Waals surface area contributed by atoms with Gasteiger partial charge >= 0.3 is 6.09 Å². The van der Waals surface area contributed by atoms with Gasteiger partial charge in [0.25, 0.3) is 5.69 Å². The number of nitro groups is 1. The molecule has 0 saturated carbocycles. The summed E-state index contributed by atoms with van der Waals surface area (Å²) in [5.41, 5.74) is 0.493. The number of rotatable bonds is 12. The lowest BCUT2D eigenvalue weighted by Crippen LogP contribution is -2.33. The summed E-state index contributed by atoms with van der Waals surface area (Å²) in [4.78, 5) is 23.0. The van der Waals surface area contributed by atoms with Crippen LogP contribution in [0, 0.1) is 22.9 Å². The van der Waals surface area contributed by atoms with E-state index < -0.39 is 28.5 Å². The molecular formula is C26H35FN2O8. The van der Waals surface area contributed by atoms with Crippen molar-refractivity contribution in [2.24, 2.45) is 0 Å². The lowest BCUT2D eigenvalue weighted by atomic mass is 10.1. The van der Waals surface area contributed by atoms with Crippen molar-refractivity contribution in [2.75, 3.05) is 27.4 Å². The van der Waals surface area contributed by atoms with E-state index in [-0.39, 0.29) is 47.3 Å².